The summed E-state index contributed by atoms with van der Waals surface area (Å²) in [4.78, 5) is 14.2. The molecule has 0 saturated carbocycles. The van der Waals surface area contributed by atoms with Gasteiger partial charge in [-0.05, 0) is 40.8 Å². The Morgan fingerprint density at radius 2 is 2.16 bits per heavy atom. The highest BCUT2D eigenvalue weighted by Crippen LogP contribution is 2.19. The lowest BCUT2D eigenvalue weighted by molar-refractivity contribution is 0.0383. The van der Waals surface area contributed by atoms with Gasteiger partial charge in [-0.2, -0.15) is 0 Å². The summed E-state index contributed by atoms with van der Waals surface area (Å²) >= 11 is 8.14. The number of hydrogen-bond donors (Lipinski definition) is 1. The molecule has 6 heteroatoms. The molecule has 1 aliphatic heterocycles. The maximum Gasteiger partial charge on any atom is 0.251 e. The molecule has 0 bridgehead atoms. The second-order valence-corrected chi connectivity index (χ2v) is 5.91. The first-order chi connectivity index (χ1) is 9.16. The van der Waals surface area contributed by atoms with Crippen LogP contribution in [-0.4, -0.2) is 50.2 Å². The zero-order valence-corrected chi connectivity index (χ0v) is 13.4. The van der Waals surface area contributed by atoms with E-state index in [1.165, 1.54) is 0 Å². The third-order valence-corrected chi connectivity index (χ3v) is 4.57. The summed E-state index contributed by atoms with van der Waals surface area (Å²) in [6, 6.07) is 5.34. The molecule has 0 aromatic heterocycles. The lowest BCUT2D eigenvalue weighted by atomic mass is 10.2. The summed E-state index contributed by atoms with van der Waals surface area (Å²) in [7, 11) is 0. The molecule has 19 heavy (non-hydrogen) atoms. The van der Waals surface area contributed by atoms with Crippen molar-refractivity contribution in [2.75, 3.05) is 39.4 Å². The van der Waals surface area contributed by atoms with Crippen molar-refractivity contribution in [1.29, 1.82) is 0 Å². The van der Waals surface area contributed by atoms with Crippen molar-refractivity contribution < 1.29 is 9.53 Å². The van der Waals surface area contributed by atoms with Crippen molar-refractivity contribution in [2.45, 2.75) is 0 Å². The molecule has 0 spiro atoms. The van der Waals surface area contributed by atoms with Gasteiger partial charge in [0.05, 0.1) is 18.2 Å². The van der Waals surface area contributed by atoms with Crippen molar-refractivity contribution >= 4 is 40.1 Å². The van der Waals surface area contributed by atoms with Gasteiger partial charge in [0.25, 0.3) is 5.91 Å². The first-order valence-corrected chi connectivity index (χ1v) is 7.66. The zero-order chi connectivity index (χ0) is 13.7. The minimum Gasteiger partial charge on any atom is -0.379 e. The highest BCUT2D eigenvalue weighted by Gasteiger charge is 2.11. The molecular weight excluding hydrogens is 379 g/mol. The maximum atomic E-state index is 11.9. The van der Waals surface area contributed by atoms with Gasteiger partial charge in [-0.15, -0.1) is 0 Å². The topological polar surface area (TPSA) is 41.6 Å². The highest BCUT2D eigenvalue weighted by molar-refractivity contribution is 14.1. The Bertz CT molecular complexity index is 450. The summed E-state index contributed by atoms with van der Waals surface area (Å²) in [6.07, 6.45) is 0. The molecule has 1 amide bonds. The number of nitrogens with zero attached hydrogens (tertiary/aromatic N) is 1. The van der Waals surface area contributed by atoms with Gasteiger partial charge < -0.3 is 10.1 Å². The van der Waals surface area contributed by atoms with E-state index in [1.807, 2.05) is 6.07 Å². The van der Waals surface area contributed by atoms with Crippen LogP contribution in [0.3, 0.4) is 0 Å². The third kappa shape index (κ3) is 4.59. The van der Waals surface area contributed by atoms with Gasteiger partial charge in [0.15, 0.2) is 0 Å². The number of amides is 1. The summed E-state index contributed by atoms with van der Waals surface area (Å²) in [5.74, 6) is -0.0773. The second kappa shape index (κ2) is 7.42. The second-order valence-electron chi connectivity index (χ2n) is 4.34. The van der Waals surface area contributed by atoms with Crippen LogP contribution in [0.1, 0.15) is 10.4 Å². The van der Waals surface area contributed by atoms with Crippen molar-refractivity contribution in [3.05, 3.63) is 32.4 Å². The maximum absolute atomic E-state index is 11.9. The Morgan fingerprint density at radius 1 is 1.42 bits per heavy atom. The molecular formula is C13H16ClIN2O2. The molecule has 104 valence electrons. The number of carbonyl (C=O) groups is 1. The van der Waals surface area contributed by atoms with Gasteiger partial charge >= 0.3 is 0 Å². The van der Waals surface area contributed by atoms with Gasteiger partial charge in [0.2, 0.25) is 0 Å². The van der Waals surface area contributed by atoms with Crippen LogP contribution in [0.2, 0.25) is 5.02 Å². The quantitative estimate of drug-likeness (QED) is 0.795. The van der Waals surface area contributed by atoms with E-state index in [-0.39, 0.29) is 5.91 Å². The number of rotatable bonds is 4. The molecule has 1 fully saturated rings. The molecule has 2 rings (SSSR count). The van der Waals surface area contributed by atoms with E-state index in [0.717, 1.165) is 36.4 Å². The van der Waals surface area contributed by atoms with Crippen LogP contribution in [-0.2, 0) is 4.74 Å². The monoisotopic (exact) mass is 394 g/mol. The minimum absolute atomic E-state index is 0.0773. The van der Waals surface area contributed by atoms with E-state index in [0.29, 0.717) is 17.1 Å². The Balaban J connectivity index is 1.78. The summed E-state index contributed by atoms with van der Waals surface area (Å²) in [6.45, 7) is 4.92. The first kappa shape index (κ1) is 15.0. The Morgan fingerprint density at radius 3 is 2.84 bits per heavy atom. The van der Waals surface area contributed by atoms with E-state index >= 15 is 0 Å². The minimum atomic E-state index is -0.0773. The SMILES string of the molecule is O=C(NCCN1CCOCC1)c1ccc(I)c(Cl)c1. The molecule has 1 aromatic rings. The molecule has 0 aliphatic carbocycles. The van der Waals surface area contributed by atoms with Crippen LogP contribution in [0.25, 0.3) is 0 Å². The smallest absolute Gasteiger partial charge is 0.251 e. The lowest BCUT2D eigenvalue weighted by Crippen LogP contribution is -2.41. The van der Waals surface area contributed by atoms with E-state index in [4.69, 9.17) is 16.3 Å². The van der Waals surface area contributed by atoms with Gasteiger partial charge in [-0.25, -0.2) is 0 Å². The van der Waals surface area contributed by atoms with E-state index in [2.05, 4.69) is 32.8 Å². The highest BCUT2D eigenvalue weighted by atomic mass is 127. The normalized spacial score (nSPS) is 16.3. The van der Waals surface area contributed by atoms with E-state index in [1.54, 1.807) is 12.1 Å². The van der Waals surface area contributed by atoms with Crippen LogP contribution in [0.5, 0.6) is 0 Å². The number of carbonyl (C=O) groups excluding carboxylic acids is 1. The Hall–Kier alpha value is -0.370. The van der Waals surface area contributed by atoms with Crippen LogP contribution >= 0.6 is 34.2 Å². The number of halogens is 2. The van der Waals surface area contributed by atoms with Crippen molar-refractivity contribution in [3.8, 4) is 0 Å². The van der Waals surface area contributed by atoms with Gasteiger partial charge in [-0.1, -0.05) is 11.6 Å². The fourth-order valence-electron chi connectivity index (χ4n) is 1.89. The number of hydrogen-bond acceptors (Lipinski definition) is 3. The fourth-order valence-corrected chi connectivity index (χ4v) is 2.41. The first-order valence-electron chi connectivity index (χ1n) is 6.20. The average molecular weight is 395 g/mol. The number of nitrogens with one attached hydrogen (secondary N) is 1. The van der Waals surface area contributed by atoms with Gasteiger partial charge in [-0.3, -0.25) is 9.69 Å². The predicted octanol–water partition coefficient (Wildman–Crippen LogP) is 2.01. The molecule has 1 aliphatic rings. The van der Waals surface area contributed by atoms with Crippen LogP contribution in [0.4, 0.5) is 0 Å². The summed E-state index contributed by atoms with van der Waals surface area (Å²) in [5.41, 5.74) is 0.604. The van der Waals surface area contributed by atoms with Gasteiger partial charge in [0, 0.05) is 35.3 Å². The van der Waals surface area contributed by atoms with E-state index in [9.17, 15) is 4.79 Å². The largest absolute Gasteiger partial charge is 0.379 e. The molecule has 0 unspecified atom stereocenters. The van der Waals surface area contributed by atoms with E-state index < -0.39 is 0 Å². The summed E-state index contributed by atoms with van der Waals surface area (Å²) < 4.78 is 6.22. The molecule has 4 nitrogen and oxygen atoms in total. The van der Waals surface area contributed by atoms with Crippen molar-refractivity contribution in [1.82, 2.24) is 10.2 Å². The average Bonchev–Trinajstić information content (AvgIpc) is 2.43. The van der Waals surface area contributed by atoms with Crippen molar-refractivity contribution in [3.63, 3.8) is 0 Å². The summed E-state index contributed by atoms with van der Waals surface area (Å²) in [5, 5.41) is 3.52. The Kier molecular flexibility index (Phi) is 5.87. The Labute approximate surface area is 131 Å². The molecule has 1 heterocycles. The number of ether oxygens (including phenoxy) is 1. The lowest BCUT2D eigenvalue weighted by Gasteiger charge is -2.26. The fraction of sp³-hybridized carbons (Fsp3) is 0.462. The third-order valence-electron chi connectivity index (χ3n) is 3.00. The standard InChI is InChI=1S/C13H16ClIN2O2/c14-11-9-10(1-2-12(11)15)13(18)16-3-4-17-5-7-19-8-6-17/h1-2,9H,3-8H2,(H,16,18). The van der Waals surface area contributed by atoms with Crippen LogP contribution in [0.15, 0.2) is 18.2 Å². The molecule has 0 atom stereocenters. The van der Waals surface area contributed by atoms with Gasteiger partial charge in [0.1, 0.15) is 0 Å². The number of morpholine rings is 1. The number of benzene rings is 1. The molecule has 1 N–H and O–H groups in total. The van der Waals surface area contributed by atoms with Crippen LogP contribution in [0, 0.1) is 3.57 Å². The predicted molar refractivity (Wildman–Crippen MR) is 83.8 cm³/mol. The van der Waals surface area contributed by atoms with Crippen molar-refractivity contribution in [2.24, 2.45) is 0 Å². The molecule has 1 saturated heterocycles. The molecule has 0 radical (unpaired) electrons. The zero-order valence-electron chi connectivity index (χ0n) is 10.5. The van der Waals surface area contributed by atoms with Crippen LogP contribution < -0.4 is 5.32 Å². The molecule has 1 aromatic carbocycles.